The van der Waals surface area contributed by atoms with Crippen LogP contribution in [0.2, 0.25) is 0 Å². The fourth-order valence-electron chi connectivity index (χ4n) is 1.48. The number of hydrogen-bond donors (Lipinski definition) is 2. The molecule has 14 heavy (non-hydrogen) atoms. The fraction of sp³-hybridized carbons (Fsp3) is 0.300. The van der Waals surface area contributed by atoms with E-state index in [0.29, 0.717) is 18.0 Å². The van der Waals surface area contributed by atoms with E-state index in [0.717, 1.165) is 0 Å². The number of para-hydroxylation sites is 1. The van der Waals surface area contributed by atoms with Gasteiger partial charge in [0.15, 0.2) is 0 Å². The topological polar surface area (TPSA) is 58.6 Å². The van der Waals surface area contributed by atoms with Crippen LogP contribution in [0.15, 0.2) is 18.2 Å². The zero-order chi connectivity index (χ0) is 10.1. The lowest BCUT2D eigenvalue weighted by Crippen LogP contribution is -2.29. The number of anilines is 1. The number of carboxylic acid groups (broad SMARTS) is 1. The van der Waals surface area contributed by atoms with E-state index >= 15 is 0 Å². The molecule has 1 heterocycles. The molecule has 2 N–H and O–H groups in total. The number of carboxylic acids is 1. The molecule has 1 unspecified atom stereocenters. The summed E-state index contributed by atoms with van der Waals surface area (Å²) in [6.45, 7) is 2.51. The lowest BCUT2D eigenvalue weighted by atomic mass is 10.1. The predicted octanol–water partition coefficient (Wildman–Crippen LogP) is 1.58. The first-order valence-corrected chi connectivity index (χ1v) is 4.44. The van der Waals surface area contributed by atoms with E-state index in [9.17, 15) is 4.79 Å². The summed E-state index contributed by atoms with van der Waals surface area (Å²) in [7, 11) is 0. The van der Waals surface area contributed by atoms with Crippen LogP contribution in [0.25, 0.3) is 0 Å². The van der Waals surface area contributed by atoms with Crippen LogP contribution in [0, 0.1) is 0 Å². The summed E-state index contributed by atoms with van der Waals surface area (Å²) in [6.07, 6.45) is 0. The molecule has 0 aliphatic carbocycles. The van der Waals surface area contributed by atoms with Gasteiger partial charge in [-0.15, -0.1) is 0 Å². The van der Waals surface area contributed by atoms with E-state index in [4.69, 9.17) is 9.84 Å². The van der Waals surface area contributed by atoms with Gasteiger partial charge in [-0.25, -0.2) is 4.79 Å². The Kier molecular flexibility index (Phi) is 2.04. The number of aromatic carboxylic acids is 1. The normalized spacial score (nSPS) is 19.1. The molecule has 1 aliphatic heterocycles. The van der Waals surface area contributed by atoms with Crippen molar-refractivity contribution in [3.63, 3.8) is 0 Å². The number of ether oxygens (including phenoxy) is 1. The molecule has 0 radical (unpaired) electrons. The number of hydrogen-bond acceptors (Lipinski definition) is 3. The van der Waals surface area contributed by atoms with Crippen molar-refractivity contribution in [1.29, 1.82) is 0 Å². The van der Waals surface area contributed by atoms with Crippen molar-refractivity contribution >= 4 is 11.7 Å². The summed E-state index contributed by atoms with van der Waals surface area (Å²) >= 11 is 0. The fourth-order valence-corrected chi connectivity index (χ4v) is 1.48. The minimum absolute atomic E-state index is 0.142. The van der Waals surface area contributed by atoms with Crippen molar-refractivity contribution in [1.82, 2.24) is 0 Å². The number of benzene rings is 1. The molecule has 1 aromatic rings. The largest absolute Gasteiger partial charge is 0.489 e. The van der Waals surface area contributed by atoms with Gasteiger partial charge in [-0.1, -0.05) is 6.07 Å². The van der Waals surface area contributed by atoms with E-state index in [1.807, 2.05) is 6.92 Å². The number of rotatable bonds is 1. The van der Waals surface area contributed by atoms with E-state index in [1.165, 1.54) is 0 Å². The number of nitrogens with one attached hydrogen (secondary N) is 1. The molecule has 4 nitrogen and oxygen atoms in total. The molecule has 1 aromatic carbocycles. The molecule has 0 aromatic heterocycles. The molecule has 0 spiro atoms. The molecule has 1 aliphatic rings. The minimum Gasteiger partial charge on any atom is -0.489 e. The van der Waals surface area contributed by atoms with Crippen molar-refractivity contribution in [3.05, 3.63) is 23.8 Å². The molecular formula is C10H11NO3. The van der Waals surface area contributed by atoms with Crippen molar-refractivity contribution < 1.29 is 14.6 Å². The highest BCUT2D eigenvalue weighted by Gasteiger charge is 2.20. The van der Waals surface area contributed by atoms with Crippen molar-refractivity contribution in [2.24, 2.45) is 0 Å². The first-order valence-electron chi connectivity index (χ1n) is 4.44. The standard InChI is InChI=1S/C10H11NO3/c1-6-5-14-8-4-2-3-7(10(12)13)9(8)11-6/h2-4,6,11H,5H2,1H3,(H,12,13). The summed E-state index contributed by atoms with van der Waals surface area (Å²) < 4.78 is 5.40. The zero-order valence-electron chi connectivity index (χ0n) is 7.78. The van der Waals surface area contributed by atoms with Gasteiger partial charge in [0.05, 0.1) is 17.3 Å². The molecule has 0 amide bonds. The van der Waals surface area contributed by atoms with E-state index in [1.54, 1.807) is 18.2 Å². The third kappa shape index (κ3) is 1.39. The van der Waals surface area contributed by atoms with Gasteiger partial charge in [0.1, 0.15) is 12.4 Å². The average molecular weight is 193 g/mol. The van der Waals surface area contributed by atoms with Crippen LogP contribution in [0.5, 0.6) is 5.75 Å². The van der Waals surface area contributed by atoms with Crippen LogP contribution in [0.4, 0.5) is 5.69 Å². The van der Waals surface area contributed by atoms with Gasteiger partial charge < -0.3 is 15.2 Å². The Morgan fingerprint density at radius 2 is 2.43 bits per heavy atom. The lowest BCUT2D eigenvalue weighted by molar-refractivity contribution is 0.0697. The maximum Gasteiger partial charge on any atom is 0.337 e. The Labute approximate surface area is 81.5 Å². The molecular weight excluding hydrogens is 182 g/mol. The van der Waals surface area contributed by atoms with Gasteiger partial charge in [0, 0.05) is 0 Å². The summed E-state index contributed by atoms with van der Waals surface area (Å²) in [6, 6.07) is 5.15. The Balaban J connectivity index is 2.48. The second-order valence-corrected chi connectivity index (χ2v) is 3.34. The SMILES string of the molecule is CC1COc2cccc(C(=O)O)c2N1. The Morgan fingerprint density at radius 1 is 1.64 bits per heavy atom. The highest BCUT2D eigenvalue weighted by molar-refractivity contribution is 5.96. The Morgan fingerprint density at radius 3 is 3.14 bits per heavy atom. The predicted molar refractivity (Wildman–Crippen MR) is 52.0 cm³/mol. The lowest BCUT2D eigenvalue weighted by Gasteiger charge is -2.25. The van der Waals surface area contributed by atoms with Crippen LogP contribution < -0.4 is 10.1 Å². The second kappa shape index (κ2) is 3.21. The van der Waals surface area contributed by atoms with E-state index in [-0.39, 0.29) is 11.6 Å². The van der Waals surface area contributed by atoms with Gasteiger partial charge in [-0.2, -0.15) is 0 Å². The van der Waals surface area contributed by atoms with E-state index in [2.05, 4.69) is 5.32 Å². The minimum atomic E-state index is -0.938. The van der Waals surface area contributed by atoms with Gasteiger partial charge in [0.2, 0.25) is 0 Å². The summed E-state index contributed by atoms with van der Waals surface area (Å²) in [5.74, 6) is -0.324. The molecule has 2 rings (SSSR count). The third-order valence-electron chi connectivity index (χ3n) is 2.14. The van der Waals surface area contributed by atoms with Crippen LogP contribution in [-0.2, 0) is 0 Å². The van der Waals surface area contributed by atoms with Gasteiger partial charge in [0.25, 0.3) is 0 Å². The van der Waals surface area contributed by atoms with Gasteiger partial charge in [-0.3, -0.25) is 0 Å². The maximum absolute atomic E-state index is 10.9. The zero-order valence-corrected chi connectivity index (χ0v) is 7.78. The van der Waals surface area contributed by atoms with Crippen LogP contribution in [0.1, 0.15) is 17.3 Å². The summed E-state index contributed by atoms with van der Waals surface area (Å²) in [5.41, 5.74) is 0.841. The molecule has 4 heteroatoms. The monoisotopic (exact) mass is 193 g/mol. The molecule has 0 saturated heterocycles. The highest BCUT2D eigenvalue weighted by Crippen LogP contribution is 2.32. The quantitative estimate of drug-likeness (QED) is 0.710. The maximum atomic E-state index is 10.9. The Bertz CT molecular complexity index is 376. The first-order chi connectivity index (χ1) is 6.68. The smallest absolute Gasteiger partial charge is 0.337 e. The van der Waals surface area contributed by atoms with Crippen molar-refractivity contribution in [2.45, 2.75) is 13.0 Å². The highest BCUT2D eigenvalue weighted by atomic mass is 16.5. The molecule has 74 valence electrons. The molecule has 0 bridgehead atoms. The summed E-state index contributed by atoms with van der Waals surface area (Å²) in [4.78, 5) is 10.9. The average Bonchev–Trinajstić information content (AvgIpc) is 2.16. The van der Waals surface area contributed by atoms with Crippen LogP contribution in [0.3, 0.4) is 0 Å². The van der Waals surface area contributed by atoms with Crippen LogP contribution in [-0.4, -0.2) is 23.7 Å². The summed E-state index contributed by atoms with van der Waals surface area (Å²) in [5, 5.41) is 12.0. The van der Waals surface area contributed by atoms with Crippen molar-refractivity contribution in [3.8, 4) is 5.75 Å². The second-order valence-electron chi connectivity index (χ2n) is 3.34. The molecule has 1 atom stereocenters. The van der Waals surface area contributed by atoms with Crippen LogP contribution >= 0.6 is 0 Å². The van der Waals surface area contributed by atoms with Gasteiger partial charge >= 0.3 is 5.97 Å². The van der Waals surface area contributed by atoms with E-state index < -0.39 is 5.97 Å². The third-order valence-corrected chi connectivity index (χ3v) is 2.14. The van der Waals surface area contributed by atoms with Gasteiger partial charge in [-0.05, 0) is 19.1 Å². The number of carbonyl (C=O) groups is 1. The molecule has 0 saturated carbocycles. The molecule has 0 fully saturated rings. The first kappa shape index (κ1) is 8.87. The van der Waals surface area contributed by atoms with Crippen molar-refractivity contribution in [2.75, 3.05) is 11.9 Å². The number of fused-ring (bicyclic) bond motifs is 1. The Hall–Kier alpha value is -1.71.